The maximum Gasteiger partial charge on any atom is 0.126 e. The van der Waals surface area contributed by atoms with Crippen LogP contribution in [0.5, 0.6) is 0 Å². The third kappa shape index (κ3) is 7.97. The number of nitrogen functional groups attached to an aromatic ring is 2. The van der Waals surface area contributed by atoms with E-state index in [9.17, 15) is 4.79 Å². The summed E-state index contributed by atoms with van der Waals surface area (Å²) in [5.41, 5.74) is 16.2. The summed E-state index contributed by atoms with van der Waals surface area (Å²) < 4.78 is 0. The third-order valence-electron chi connectivity index (χ3n) is 3.70. The fourth-order valence-corrected chi connectivity index (χ4v) is 2.80. The number of hydrogen-bond acceptors (Lipinski definition) is 4. The molecule has 1 aliphatic heterocycles. The molecule has 4 heteroatoms. The molecule has 0 unspecified atom stereocenters. The van der Waals surface area contributed by atoms with Crippen LogP contribution in [-0.4, -0.2) is 11.5 Å². The number of carbonyl (C=O) groups excluding carboxylic acids is 1. The maximum atomic E-state index is 9.44. The lowest BCUT2D eigenvalue weighted by Crippen LogP contribution is -2.16. The van der Waals surface area contributed by atoms with Gasteiger partial charge in [-0.1, -0.05) is 44.2 Å². The van der Waals surface area contributed by atoms with E-state index in [4.69, 9.17) is 11.5 Å². The van der Waals surface area contributed by atoms with Crippen molar-refractivity contribution in [2.45, 2.75) is 47.5 Å². The largest absolute Gasteiger partial charge is 0.397 e. The van der Waals surface area contributed by atoms with Gasteiger partial charge in [0.05, 0.1) is 17.1 Å². The molecule has 1 heterocycles. The minimum Gasteiger partial charge on any atom is -0.397 e. The number of rotatable bonds is 0. The molecular formula is C22H31N3O. The van der Waals surface area contributed by atoms with Gasteiger partial charge >= 0.3 is 0 Å². The first-order valence-corrected chi connectivity index (χ1v) is 8.80. The molecule has 0 bridgehead atoms. The van der Waals surface area contributed by atoms with Gasteiger partial charge in [0.25, 0.3) is 0 Å². The fraction of sp³-hybridized carbons (Fsp3) is 0.364. The van der Waals surface area contributed by atoms with Gasteiger partial charge in [-0.05, 0) is 62.8 Å². The Labute approximate surface area is 157 Å². The summed E-state index contributed by atoms with van der Waals surface area (Å²) >= 11 is 0. The van der Waals surface area contributed by atoms with Gasteiger partial charge in [-0.2, -0.15) is 0 Å². The second-order valence-electron chi connectivity index (χ2n) is 7.53. The van der Waals surface area contributed by atoms with E-state index in [0.717, 1.165) is 18.5 Å². The van der Waals surface area contributed by atoms with Crippen molar-refractivity contribution in [3.63, 3.8) is 0 Å². The number of anilines is 2. The van der Waals surface area contributed by atoms with Crippen molar-refractivity contribution in [1.29, 1.82) is 0 Å². The second-order valence-corrected chi connectivity index (χ2v) is 7.53. The van der Waals surface area contributed by atoms with Crippen molar-refractivity contribution >= 4 is 28.6 Å². The van der Waals surface area contributed by atoms with Gasteiger partial charge in [-0.15, -0.1) is 0 Å². The molecule has 0 saturated heterocycles. The van der Waals surface area contributed by atoms with E-state index in [2.05, 4.69) is 50.0 Å². The Balaban J connectivity index is 0.000000238. The maximum absolute atomic E-state index is 9.44. The van der Waals surface area contributed by atoms with Crippen molar-refractivity contribution in [1.82, 2.24) is 0 Å². The Bertz CT molecular complexity index is 738. The van der Waals surface area contributed by atoms with Crippen LogP contribution >= 0.6 is 0 Å². The number of aliphatic imine (C=N–C) groups is 1. The summed E-state index contributed by atoms with van der Waals surface area (Å²) in [7, 11) is 0. The van der Waals surface area contributed by atoms with Crippen molar-refractivity contribution in [2.75, 3.05) is 11.5 Å². The summed E-state index contributed by atoms with van der Waals surface area (Å²) in [6.45, 7) is 9.81. The van der Waals surface area contributed by atoms with Gasteiger partial charge in [0, 0.05) is 5.71 Å². The van der Waals surface area contributed by atoms with Gasteiger partial charge < -0.3 is 16.3 Å². The molecule has 26 heavy (non-hydrogen) atoms. The van der Waals surface area contributed by atoms with E-state index in [1.807, 2.05) is 12.1 Å². The summed E-state index contributed by atoms with van der Waals surface area (Å²) in [5.74, 6) is 0.167. The number of carbonyl (C=O) groups is 1. The molecule has 4 N–H and O–H groups in total. The molecule has 0 radical (unpaired) electrons. The molecule has 0 aromatic heterocycles. The first-order valence-electron chi connectivity index (χ1n) is 8.80. The summed E-state index contributed by atoms with van der Waals surface area (Å²) in [5, 5.41) is 0. The van der Waals surface area contributed by atoms with Crippen LogP contribution in [0, 0.1) is 5.41 Å². The number of nitrogens with two attached hydrogens (primary N) is 2. The number of fused-ring (bicyclic) bond motifs is 1. The van der Waals surface area contributed by atoms with Crippen LogP contribution in [0.3, 0.4) is 0 Å². The molecule has 0 atom stereocenters. The molecule has 2 aromatic carbocycles. The summed E-state index contributed by atoms with van der Waals surface area (Å²) in [6.07, 6.45) is 2.23. The predicted molar refractivity (Wildman–Crippen MR) is 113 cm³/mol. The molecule has 2 aromatic rings. The molecule has 0 amide bonds. The molecule has 0 saturated carbocycles. The van der Waals surface area contributed by atoms with Crippen LogP contribution in [-0.2, 0) is 11.2 Å². The minimum absolute atomic E-state index is 0.167. The number of ketones is 1. The molecule has 3 rings (SSSR count). The molecule has 0 spiro atoms. The highest BCUT2D eigenvalue weighted by atomic mass is 16.1. The second kappa shape index (κ2) is 9.76. The lowest BCUT2D eigenvalue weighted by Gasteiger charge is -2.22. The lowest BCUT2D eigenvalue weighted by atomic mass is 9.82. The van der Waals surface area contributed by atoms with Crippen LogP contribution < -0.4 is 11.5 Å². The average molecular weight is 354 g/mol. The van der Waals surface area contributed by atoms with Crippen molar-refractivity contribution < 1.29 is 4.79 Å². The molecule has 140 valence electrons. The van der Waals surface area contributed by atoms with Gasteiger partial charge in [0.15, 0.2) is 0 Å². The number of benzene rings is 2. The standard InChI is InChI=1S/C13H17N.C6H8N2.C3H6O/c1-10-8-13(2,3)9-11-6-4-5-7-12(11)14-10;7-5-3-1-2-4-6(5)8;1-3(2)4/h4-7H,8-9H2,1-3H3;1-4H,7-8H2;1-2H3. The normalized spacial score (nSPS) is 14.3. The number of nitrogens with zero attached hydrogens (tertiary/aromatic N) is 1. The zero-order valence-electron chi connectivity index (χ0n) is 16.5. The van der Waals surface area contributed by atoms with Gasteiger partial charge in [0.2, 0.25) is 0 Å². The fourth-order valence-electron chi connectivity index (χ4n) is 2.80. The van der Waals surface area contributed by atoms with E-state index in [1.54, 1.807) is 12.1 Å². The monoisotopic (exact) mass is 353 g/mol. The Kier molecular flexibility index (Phi) is 8.04. The molecule has 1 aliphatic rings. The van der Waals surface area contributed by atoms with Gasteiger partial charge in [-0.3, -0.25) is 4.99 Å². The first kappa shape index (κ1) is 21.4. The van der Waals surface area contributed by atoms with E-state index >= 15 is 0 Å². The van der Waals surface area contributed by atoms with Crippen LogP contribution in [0.1, 0.15) is 46.6 Å². The van der Waals surface area contributed by atoms with Crippen molar-refractivity contribution in [3.05, 3.63) is 54.1 Å². The Hall–Kier alpha value is -2.62. The topological polar surface area (TPSA) is 81.5 Å². The van der Waals surface area contributed by atoms with E-state index in [1.165, 1.54) is 25.1 Å². The zero-order chi connectivity index (χ0) is 19.7. The highest BCUT2D eigenvalue weighted by Gasteiger charge is 2.23. The van der Waals surface area contributed by atoms with Crippen LogP contribution in [0.15, 0.2) is 53.5 Å². The predicted octanol–water partition coefficient (Wildman–Crippen LogP) is 5.20. The summed E-state index contributed by atoms with van der Waals surface area (Å²) in [4.78, 5) is 14.1. The lowest BCUT2D eigenvalue weighted by molar-refractivity contribution is -0.114. The van der Waals surface area contributed by atoms with Crippen LogP contribution in [0.2, 0.25) is 0 Å². The van der Waals surface area contributed by atoms with E-state index < -0.39 is 0 Å². The third-order valence-corrected chi connectivity index (χ3v) is 3.70. The molecule has 4 nitrogen and oxygen atoms in total. The van der Waals surface area contributed by atoms with Gasteiger partial charge in [0.1, 0.15) is 5.78 Å². The minimum atomic E-state index is 0.167. The Morgan fingerprint density at radius 1 is 0.923 bits per heavy atom. The molecular weight excluding hydrogens is 322 g/mol. The van der Waals surface area contributed by atoms with E-state index in [-0.39, 0.29) is 5.78 Å². The van der Waals surface area contributed by atoms with E-state index in [0.29, 0.717) is 16.8 Å². The summed E-state index contributed by atoms with van der Waals surface area (Å²) in [6, 6.07) is 15.7. The highest BCUT2D eigenvalue weighted by molar-refractivity contribution is 5.86. The zero-order valence-corrected chi connectivity index (χ0v) is 16.5. The number of para-hydroxylation sites is 3. The van der Waals surface area contributed by atoms with Crippen LogP contribution in [0.4, 0.5) is 17.1 Å². The van der Waals surface area contributed by atoms with Crippen LogP contribution in [0.25, 0.3) is 0 Å². The average Bonchev–Trinajstić information content (AvgIpc) is 2.63. The Morgan fingerprint density at radius 2 is 1.38 bits per heavy atom. The molecule has 0 fully saturated rings. The number of hydrogen-bond donors (Lipinski definition) is 2. The van der Waals surface area contributed by atoms with Crippen molar-refractivity contribution in [2.24, 2.45) is 10.4 Å². The molecule has 0 aliphatic carbocycles. The van der Waals surface area contributed by atoms with Crippen molar-refractivity contribution in [3.8, 4) is 0 Å². The first-order chi connectivity index (χ1) is 12.1. The quantitative estimate of drug-likeness (QED) is 0.639. The smallest absolute Gasteiger partial charge is 0.126 e. The number of Topliss-reactive ketones (excluding diaryl/α,β-unsaturated/α-hetero) is 1. The van der Waals surface area contributed by atoms with Gasteiger partial charge in [-0.25, -0.2) is 0 Å². The Morgan fingerprint density at radius 3 is 1.88 bits per heavy atom. The highest BCUT2D eigenvalue weighted by Crippen LogP contribution is 2.34. The SMILES string of the molecule is CC(C)=O.CC1=Nc2ccccc2CC(C)(C)C1.Nc1ccccc1N.